The molecule has 0 bridgehead atoms. The summed E-state index contributed by atoms with van der Waals surface area (Å²) >= 11 is 0. The van der Waals surface area contributed by atoms with Gasteiger partial charge in [0.05, 0.1) is 4.90 Å². The van der Waals surface area contributed by atoms with Crippen molar-refractivity contribution in [1.82, 2.24) is 25.2 Å². The molecular weight excluding hydrogens is 390 g/mol. The van der Waals surface area contributed by atoms with E-state index in [9.17, 15) is 8.42 Å². The first-order valence-corrected chi connectivity index (χ1v) is 10.2. The van der Waals surface area contributed by atoms with Crippen molar-refractivity contribution in [3.63, 3.8) is 0 Å². The molecule has 1 aliphatic heterocycles. The number of nitrogens with one attached hydrogen (secondary N) is 1. The molecule has 1 aliphatic rings. The Bertz CT molecular complexity index is 994. The molecule has 10 heteroatoms. The van der Waals surface area contributed by atoms with Crippen LogP contribution in [0.3, 0.4) is 0 Å². The minimum Gasteiger partial charge on any atom is -0.336 e. The molecule has 8 nitrogen and oxygen atoms in total. The maximum atomic E-state index is 11.6. The van der Waals surface area contributed by atoms with Crippen molar-refractivity contribution in [2.45, 2.75) is 23.3 Å². The Balaban J connectivity index is 0.00000210. The Kier molecular flexibility index (Phi) is 5.36. The number of aromatic nitrogens is 4. The summed E-state index contributed by atoms with van der Waals surface area (Å²) < 4.78 is 30.7. The lowest BCUT2D eigenvalue weighted by Gasteiger charge is -2.34. The third-order valence-corrected chi connectivity index (χ3v) is 5.87. The van der Waals surface area contributed by atoms with Crippen molar-refractivity contribution in [1.29, 1.82) is 0 Å². The topological polar surface area (TPSA) is 103 Å². The van der Waals surface area contributed by atoms with Crippen LogP contribution in [-0.2, 0) is 15.4 Å². The van der Waals surface area contributed by atoms with E-state index in [1.807, 2.05) is 16.9 Å². The number of hydrogen-bond acceptors (Lipinski definition) is 7. The van der Waals surface area contributed by atoms with Gasteiger partial charge in [0, 0.05) is 24.2 Å². The van der Waals surface area contributed by atoms with E-state index < -0.39 is 15.4 Å². The van der Waals surface area contributed by atoms with Gasteiger partial charge in [-0.15, -0.1) is 12.4 Å². The van der Waals surface area contributed by atoms with Gasteiger partial charge >= 0.3 is 0 Å². The Morgan fingerprint density at radius 2 is 1.89 bits per heavy atom. The minimum absolute atomic E-state index is 0. The van der Waals surface area contributed by atoms with Gasteiger partial charge in [-0.3, -0.25) is 4.68 Å². The van der Waals surface area contributed by atoms with Crippen molar-refractivity contribution in [2.24, 2.45) is 0 Å². The monoisotopic (exact) mass is 409 g/mol. The van der Waals surface area contributed by atoms with Gasteiger partial charge in [-0.25, -0.2) is 8.42 Å². The Hall–Kier alpha value is -2.23. The number of hydrogen-bond donors (Lipinski definition) is 1. The van der Waals surface area contributed by atoms with Crippen LogP contribution in [0.5, 0.6) is 0 Å². The third-order valence-electron chi connectivity index (χ3n) is 4.74. The molecular formula is C17H20ClN5O3S. The molecule has 0 radical (unpaired) electrons. The average Bonchev–Trinajstić information content (AvgIpc) is 3.34. The van der Waals surface area contributed by atoms with Crippen LogP contribution < -0.4 is 5.32 Å². The van der Waals surface area contributed by atoms with Crippen molar-refractivity contribution >= 4 is 22.2 Å². The third kappa shape index (κ3) is 3.62. The summed E-state index contributed by atoms with van der Waals surface area (Å²) in [5.74, 6) is 0.954. The predicted octanol–water partition coefficient (Wildman–Crippen LogP) is 1.89. The largest absolute Gasteiger partial charge is 0.336 e. The molecule has 1 N–H and O–H groups in total. The molecule has 3 heterocycles. The van der Waals surface area contributed by atoms with Crippen molar-refractivity contribution in [3.8, 4) is 11.4 Å². The molecule has 2 aromatic heterocycles. The Morgan fingerprint density at radius 1 is 1.19 bits per heavy atom. The predicted molar refractivity (Wildman–Crippen MR) is 101 cm³/mol. The lowest BCUT2D eigenvalue weighted by atomic mass is 9.88. The molecule has 3 aromatic rings. The lowest BCUT2D eigenvalue weighted by Crippen LogP contribution is -2.45. The van der Waals surface area contributed by atoms with Crippen molar-refractivity contribution < 1.29 is 12.9 Å². The van der Waals surface area contributed by atoms with Crippen molar-refractivity contribution in [3.05, 3.63) is 48.6 Å². The quantitative estimate of drug-likeness (QED) is 0.701. The van der Waals surface area contributed by atoms with Crippen molar-refractivity contribution in [2.75, 3.05) is 19.3 Å². The molecule has 1 fully saturated rings. The van der Waals surface area contributed by atoms with Gasteiger partial charge < -0.3 is 9.84 Å². The Labute approximate surface area is 163 Å². The van der Waals surface area contributed by atoms with E-state index in [0.717, 1.165) is 25.9 Å². The molecule has 1 aromatic carbocycles. The molecule has 0 atom stereocenters. The van der Waals surface area contributed by atoms with E-state index in [1.54, 1.807) is 30.5 Å². The van der Waals surface area contributed by atoms with Gasteiger partial charge in [0.1, 0.15) is 5.54 Å². The van der Waals surface area contributed by atoms with E-state index in [-0.39, 0.29) is 17.3 Å². The van der Waals surface area contributed by atoms with Crippen LogP contribution in [0.1, 0.15) is 18.7 Å². The van der Waals surface area contributed by atoms with Crippen LogP contribution in [0.2, 0.25) is 0 Å². The summed E-state index contributed by atoms with van der Waals surface area (Å²) in [5, 5.41) is 11.9. The zero-order valence-corrected chi connectivity index (χ0v) is 16.3. The summed E-state index contributed by atoms with van der Waals surface area (Å²) in [6.45, 7) is 1.67. The fraction of sp³-hybridized carbons (Fsp3) is 0.353. The molecule has 0 aliphatic carbocycles. The average molecular weight is 410 g/mol. The molecule has 0 unspecified atom stereocenters. The first-order chi connectivity index (χ1) is 12.5. The van der Waals surface area contributed by atoms with Gasteiger partial charge in [-0.1, -0.05) is 5.16 Å². The maximum Gasteiger partial charge on any atom is 0.255 e. The number of benzene rings is 1. The highest BCUT2D eigenvalue weighted by molar-refractivity contribution is 7.90. The van der Waals surface area contributed by atoms with E-state index in [4.69, 9.17) is 4.52 Å². The highest BCUT2D eigenvalue weighted by Gasteiger charge is 2.41. The molecule has 0 spiro atoms. The van der Waals surface area contributed by atoms with E-state index in [0.29, 0.717) is 17.3 Å². The number of sulfone groups is 1. The molecule has 27 heavy (non-hydrogen) atoms. The summed E-state index contributed by atoms with van der Waals surface area (Å²) in [6, 6.07) is 8.36. The molecule has 0 amide bonds. The SMILES string of the molecule is CS(=O)(=O)c1ccc(-c2noc(C3(n4cccn4)CCNCC3)n2)cc1.Cl. The normalized spacial score (nSPS) is 16.6. The van der Waals surface area contributed by atoms with E-state index in [2.05, 4.69) is 20.6 Å². The fourth-order valence-electron chi connectivity index (χ4n) is 3.28. The van der Waals surface area contributed by atoms with Crippen LogP contribution in [0.25, 0.3) is 11.4 Å². The van der Waals surface area contributed by atoms with Crippen LogP contribution in [0.4, 0.5) is 0 Å². The maximum absolute atomic E-state index is 11.6. The second-order valence-corrected chi connectivity index (χ2v) is 8.47. The lowest BCUT2D eigenvalue weighted by molar-refractivity contribution is 0.172. The zero-order valence-electron chi connectivity index (χ0n) is 14.7. The first-order valence-electron chi connectivity index (χ1n) is 8.35. The number of rotatable bonds is 4. The molecule has 1 saturated heterocycles. The van der Waals surface area contributed by atoms with Crippen LogP contribution in [0.15, 0.2) is 52.1 Å². The van der Waals surface area contributed by atoms with Gasteiger partial charge in [0.25, 0.3) is 5.89 Å². The van der Waals surface area contributed by atoms with Gasteiger partial charge in [-0.05, 0) is 56.3 Å². The second kappa shape index (κ2) is 7.41. The Morgan fingerprint density at radius 3 is 2.48 bits per heavy atom. The summed E-state index contributed by atoms with van der Waals surface area (Å²) in [5.41, 5.74) is 0.240. The molecule has 144 valence electrons. The fourth-order valence-corrected chi connectivity index (χ4v) is 3.91. The smallest absolute Gasteiger partial charge is 0.255 e. The highest BCUT2D eigenvalue weighted by Crippen LogP contribution is 2.34. The minimum atomic E-state index is -3.24. The molecule has 0 saturated carbocycles. The standard InChI is InChI=1S/C17H19N5O3S.ClH/c1-26(23,24)14-5-3-13(4-6-14)15-20-16(25-21-15)17(7-10-18-11-8-17)22-12-2-9-19-22;/h2-6,9,12,18H,7-8,10-11H2,1H3;1H. The van der Waals surface area contributed by atoms with Gasteiger partial charge in [-0.2, -0.15) is 10.1 Å². The first kappa shape index (κ1) is 19.5. The summed E-state index contributed by atoms with van der Waals surface area (Å²) in [6.07, 6.45) is 6.42. The summed E-state index contributed by atoms with van der Waals surface area (Å²) in [7, 11) is -3.24. The highest BCUT2D eigenvalue weighted by atomic mass is 35.5. The van der Waals surface area contributed by atoms with E-state index >= 15 is 0 Å². The second-order valence-electron chi connectivity index (χ2n) is 6.45. The number of nitrogens with zero attached hydrogens (tertiary/aromatic N) is 4. The summed E-state index contributed by atoms with van der Waals surface area (Å²) in [4.78, 5) is 4.87. The zero-order chi connectivity index (χ0) is 18.2. The number of halogens is 1. The molecule has 4 rings (SSSR count). The van der Waals surface area contributed by atoms with Crippen LogP contribution >= 0.6 is 12.4 Å². The van der Waals surface area contributed by atoms with Crippen LogP contribution in [0, 0.1) is 0 Å². The number of piperidine rings is 1. The van der Waals surface area contributed by atoms with Gasteiger partial charge in [0.2, 0.25) is 5.82 Å². The van der Waals surface area contributed by atoms with E-state index in [1.165, 1.54) is 6.26 Å². The van der Waals surface area contributed by atoms with Crippen LogP contribution in [-0.4, -0.2) is 47.7 Å². The van der Waals surface area contributed by atoms with Gasteiger partial charge in [0.15, 0.2) is 9.84 Å².